The van der Waals surface area contributed by atoms with Crippen molar-refractivity contribution >= 4 is 35.0 Å². The van der Waals surface area contributed by atoms with Crippen LogP contribution in [0.3, 0.4) is 0 Å². The maximum Gasteiger partial charge on any atom is 0.229 e. The summed E-state index contributed by atoms with van der Waals surface area (Å²) in [7, 11) is 0. The van der Waals surface area contributed by atoms with E-state index in [1.54, 1.807) is 17.3 Å². The van der Waals surface area contributed by atoms with Crippen LogP contribution in [-0.2, 0) is 4.79 Å². The van der Waals surface area contributed by atoms with Gasteiger partial charge in [0.2, 0.25) is 5.91 Å². The molecule has 2 aromatic rings. The monoisotopic (exact) mass is 277 g/mol. The zero-order valence-electron chi connectivity index (χ0n) is 9.48. The van der Waals surface area contributed by atoms with E-state index in [0.29, 0.717) is 13.0 Å². The molecule has 1 unspecified atom stereocenters. The van der Waals surface area contributed by atoms with Crippen molar-refractivity contribution in [3.8, 4) is 11.3 Å². The lowest BCUT2D eigenvalue weighted by molar-refractivity contribution is -0.117. The van der Waals surface area contributed by atoms with Crippen molar-refractivity contribution in [1.29, 1.82) is 0 Å². The molecule has 1 aliphatic heterocycles. The predicted molar refractivity (Wildman–Crippen MR) is 75.1 cm³/mol. The highest BCUT2D eigenvalue weighted by atomic mass is 32.1. The van der Waals surface area contributed by atoms with Gasteiger partial charge in [0.15, 0.2) is 5.13 Å². The molecule has 6 heteroatoms. The van der Waals surface area contributed by atoms with Crippen molar-refractivity contribution in [1.82, 2.24) is 9.97 Å². The molecule has 0 radical (unpaired) electrons. The molecule has 4 nitrogen and oxygen atoms in total. The van der Waals surface area contributed by atoms with Crippen molar-refractivity contribution in [2.45, 2.75) is 11.7 Å². The fourth-order valence-corrected chi connectivity index (χ4v) is 3.09. The van der Waals surface area contributed by atoms with E-state index in [1.165, 1.54) is 11.3 Å². The van der Waals surface area contributed by atoms with Gasteiger partial charge in [0.25, 0.3) is 0 Å². The summed E-state index contributed by atoms with van der Waals surface area (Å²) in [5.41, 5.74) is 1.83. The molecular formula is C12H11N3OS2. The van der Waals surface area contributed by atoms with Crippen LogP contribution in [-0.4, -0.2) is 27.7 Å². The Morgan fingerprint density at radius 2 is 2.39 bits per heavy atom. The van der Waals surface area contributed by atoms with Gasteiger partial charge in [-0.1, -0.05) is 0 Å². The molecule has 0 saturated carbocycles. The van der Waals surface area contributed by atoms with E-state index in [2.05, 4.69) is 22.6 Å². The molecule has 18 heavy (non-hydrogen) atoms. The van der Waals surface area contributed by atoms with Crippen molar-refractivity contribution in [3.63, 3.8) is 0 Å². The minimum atomic E-state index is 0.0992. The summed E-state index contributed by atoms with van der Waals surface area (Å²) in [6.07, 6.45) is 3.99. The number of thiazole rings is 1. The zero-order chi connectivity index (χ0) is 12.5. The number of pyridine rings is 1. The van der Waals surface area contributed by atoms with Gasteiger partial charge in [0.1, 0.15) is 0 Å². The highest BCUT2D eigenvalue weighted by molar-refractivity contribution is 7.81. The third kappa shape index (κ3) is 2.13. The molecular weight excluding hydrogens is 266 g/mol. The number of nitrogens with zero attached hydrogens (tertiary/aromatic N) is 3. The number of hydrogen-bond donors (Lipinski definition) is 1. The SMILES string of the molecule is O=C1CC(S)CN1c1nc(-c2cccnc2)cs1. The van der Waals surface area contributed by atoms with E-state index >= 15 is 0 Å². The molecule has 0 aliphatic carbocycles. The third-order valence-electron chi connectivity index (χ3n) is 2.78. The highest BCUT2D eigenvalue weighted by Gasteiger charge is 2.30. The second kappa shape index (κ2) is 4.70. The smallest absolute Gasteiger partial charge is 0.229 e. The van der Waals surface area contributed by atoms with Crippen LogP contribution >= 0.6 is 24.0 Å². The van der Waals surface area contributed by atoms with Gasteiger partial charge in [-0.15, -0.1) is 11.3 Å². The maximum absolute atomic E-state index is 11.8. The lowest BCUT2D eigenvalue weighted by Crippen LogP contribution is -2.24. The molecule has 1 aliphatic rings. The minimum Gasteiger partial charge on any atom is -0.287 e. The summed E-state index contributed by atoms with van der Waals surface area (Å²) >= 11 is 5.82. The topological polar surface area (TPSA) is 46.1 Å². The van der Waals surface area contributed by atoms with Crippen LogP contribution in [0.25, 0.3) is 11.3 Å². The van der Waals surface area contributed by atoms with Crippen LogP contribution < -0.4 is 4.90 Å². The number of rotatable bonds is 2. The number of carbonyl (C=O) groups is 1. The second-order valence-corrected chi connectivity index (χ2v) is 5.69. The average Bonchev–Trinajstić information content (AvgIpc) is 2.97. The van der Waals surface area contributed by atoms with Crippen LogP contribution in [0.5, 0.6) is 0 Å². The Morgan fingerprint density at radius 3 is 3.06 bits per heavy atom. The Labute approximate surface area is 114 Å². The number of carbonyl (C=O) groups excluding carboxylic acids is 1. The van der Waals surface area contributed by atoms with E-state index in [1.807, 2.05) is 17.5 Å². The van der Waals surface area contributed by atoms with Gasteiger partial charge < -0.3 is 0 Å². The Balaban J connectivity index is 1.88. The minimum absolute atomic E-state index is 0.0992. The first-order valence-corrected chi connectivity index (χ1v) is 6.98. The first-order chi connectivity index (χ1) is 8.74. The highest BCUT2D eigenvalue weighted by Crippen LogP contribution is 2.30. The van der Waals surface area contributed by atoms with Gasteiger partial charge >= 0.3 is 0 Å². The van der Waals surface area contributed by atoms with Gasteiger partial charge in [0.05, 0.1) is 5.69 Å². The van der Waals surface area contributed by atoms with Crippen LogP contribution in [0.15, 0.2) is 29.9 Å². The summed E-state index contributed by atoms with van der Waals surface area (Å²) in [6, 6.07) is 3.83. The van der Waals surface area contributed by atoms with E-state index in [0.717, 1.165) is 16.4 Å². The molecule has 0 N–H and O–H groups in total. The van der Waals surface area contributed by atoms with Crippen molar-refractivity contribution in [2.75, 3.05) is 11.4 Å². The van der Waals surface area contributed by atoms with Gasteiger partial charge in [-0.25, -0.2) is 4.98 Å². The number of amides is 1. The van der Waals surface area contributed by atoms with Crippen LogP contribution in [0.2, 0.25) is 0 Å². The first-order valence-electron chi connectivity index (χ1n) is 5.58. The van der Waals surface area contributed by atoms with Crippen molar-refractivity contribution < 1.29 is 4.79 Å². The van der Waals surface area contributed by atoms with Crippen LogP contribution in [0.4, 0.5) is 5.13 Å². The quantitative estimate of drug-likeness (QED) is 0.856. The number of aromatic nitrogens is 2. The first kappa shape index (κ1) is 11.7. The van der Waals surface area contributed by atoms with Crippen LogP contribution in [0.1, 0.15) is 6.42 Å². The Hall–Kier alpha value is -1.40. The Kier molecular flexibility index (Phi) is 3.05. The molecule has 0 aromatic carbocycles. The van der Waals surface area contributed by atoms with Gasteiger partial charge in [-0.05, 0) is 12.1 Å². The van der Waals surface area contributed by atoms with E-state index in [9.17, 15) is 4.79 Å². The number of thiol groups is 1. The fourth-order valence-electron chi connectivity index (χ4n) is 1.91. The molecule has 0 spiro atoms. The molecule has 3 heterocycles. The lowest BCUT2D eigenvalue weighted by atomic mass is 10.2. The summed E-state index contributed by atoms with van der Waals surface area (Å²) in [6.45, 7) is 0.641. The van der Waals surface area contributed by atoms with E-state index < -0.39 is 0 Å². The molecule has 1 saturated heterocycles. The largest absolute Gasteiger partial charge is 0.287 e. The van der Waals surface area contributed by atoms with Crippen LogP contribution in [0, 0.1) is 0 Å². The Bertz CT molecular complexity index is 570. The predicted octanol–water partition coefficient (Wildman–Crippen LogP) is 2.24. The number of hydrogen-bond acceptors (Lipinski definition) is 5. The third-order valence-corrected chi connectivity index (χ3v) is 3.99. The second-order valence-electron chi connectivity index (χ2n) is 4.12. The van der Waals surface area contributed by atoms with Gasteiger partial charge in [-0.2, -0.15) is 12.6 Å². The summed E-state index contributed by atoms with van der Waals surface area (Å²) in [5, 5.41) is 2.81. The van der Waals surface area contributed by atoms with E-state index in [-0.39, 0.29) is 11.2 Å². The standard InChI is InChI=1S/C12H11N3OS2/c16-11-4-9(17)6-15(11)12-14-10(7-18-12)8-2-1-3-13-5-8/h1-3,5,7,9,17H,4,6H2. The summed E-state index contributed by atoms with van der Waals surface area (Å²) in [4.78, 5) is 22.0. The molecule has 1 fully saturated rings. The summed E-state index contributed by atoms with van der Waals surface area (Å²) in [5.74, 6) is 0.0992. The van der Waals surface area contributed by atoms with Crippen molar-refractivity contribution in [2.24, 2.45) is 0 Å². The molecule has 1 amide bonds. The Morgan fingerprint density at radius 1 is 1.50 bits per heavy atom. The van der Waals surface area contributed by atoms with Gasteiger partial charge in [0, 0.05) is 41.6 Å². The summed E-state index contributed by atoms with van der Waals surface area (Å²) < 4.78 is 0. The van der Waals surface area contributed by atoms with Gasteiger partial charge in [-0.3, -0.25) is 14.7 Å². The molecule has 1 atom stereocenters. The zero-order valence-corrected chi connectivity index (χ0v) is 11.2. The number of anilines is 1. The molecule has 92 valence electrons. The lowest BCUT2D eigenvalue weighted by Gasteiger charge is -2.10. The van der Waals surface area contributed by atoms with E-state index in [4.69, 9.17) is 0 Å². The fraction of sp³-hybridized carbons (Fsp3) is 0.250. The molecule has 0 bridgehead atoms. The maximum atomic E-state index is 11.8. The molecule has 3 rings (SSSR count). The molecule has 2 aromatic heterocycles. The van der Waals surface area contributed by atoms with Crippen molar-refractivity contribution in [3.05, 3.63) is 29.9 Å². The normalized spacial score (nSPS) is 19.5. The average molecular weight is 277 g/mol.